The van der Waals surface area contributed by atoms with Gasteiger partial charge in [0, 0.05) is 6.04 Å². The summed E-state index contributed by atoms with van der Waals surface area (Å²) >= 11 is 1.11. The molecule has 6 nitrogen and oxygen atoms in total. The number of anilines is 1. The van der Waals surface area contributed by atoms with Crippen LogP contribution in [0.2, 0.25) is 0 Å². The lowest BCUT2D eigenvalue weighted by atomic mass is 10.1. The standard InChI is InChI=1S/C19H22N2O4S2/c1-11(2)21-16-7-6-14(10-17(16)26-19(21)22)20-27(23,24)18-12(3)8-15(25-5)9-13(18)4/h6-11,20H,1-5H3. The smallest absolute Gasteiger partial charge is 0.308 e. The Morgan fingerprint density at radius 2 is 1.74 bits per heavy atom. The van der Waals surface area contributed by atoms with E-state index in [2.05, 4.69) is 4.72 Å². The van der Waals surface area contributed by atoms with E-state index in [1.807, 2.05) is 13.8 Å². The minimum atomic E-state index is -3.77. The molecule has 0 unspecified atom stereocenters. The van der Waals surface area contributed by atoms with Crippen molar-refractivity contribution in [3.8, 4) is 5.75 Å². The SMILES string of the molecule is COc1cc(C)c(S(=O)(=O)Nc2ccc3c(c2)sc(=O)n3C(C)C)c(C)c1. The van der Waals surface area contributed by atoms with Crippen LogP contribution < -0.4 is 14.3 Å². The van der Waals surface area contributed by atoms with Crippen molar-refractivity contribution < 1.29 is 13.2 Å². The molecule has 3 rings (SSSR count). The summed E-state index contributed by atoms with van der Waals surface area (Å²) < 4.78 is 36.2. The van der Waals surface area contributed by atoms with Gasteiger partial charge in [-0.05, 0) is 69.2 Å². The average molecular weight is 407 g/mol. The van der Waals surface area contributed by atoms with Crippen molar-refractivity contribution in [1.29, 1.82) is 0 Å². The fraction of sp³-hybridized carbons (Fsp3) is 0.316. The molecular formula is C19H22N2O4S2. The number of ether oxygens (including phenoxy) is 1. The summed E-state index contributed by atoms with van der Waals surface area (Å²) in [6, 6.07) is 8.58. The number of fused-ring (bicyclic) bond motifs is 1. The van der Waals surface area contributed by atoms with Gasteiger partial charge in [-0.25, -0.2) is 8.42 Å². The minimum Gasteiger partial charge on any atom is -0.497 e. The van der Waals surface area contributed by atoms with Crippen LogP contribution >= 0.6 is 11.3 Å². The van der Waals surface area contributed by atoms with Crippen LogP contribution in [0.5, 0.6) is 5.75 Å². The quantitative estimate of drug-likeness (QED) is 0.693. The monoisotopic (exact) mass is 406 g/mol. The molecule has 0 aliphatic rings. The third kappa shape index (κ3) is 3.59. The first-order valence-electron chi connectivity index (χ1n) is 8.47. The van der Waals surface area contributed by atoms with Gasteiger partial charge in [0.25, 0.3) is 10.0 Å². The van der Waals surface area contributed by atoms with Crippen molar-refractivity contribution in [3.05, 3.63) is 51.1 Å². The topological polar surface area (TPSA) is 77.4 Å². The normalized spacial score (nSPS) is 11.9. The van der Waals surface area contributed by atoms with Crippen molar-refractivity contribution >= 4 is 37.3 Å². The summed E-state index contributed by atoms with van der Waals surface area (Å²) in [5.74, 6) is 0.616. The Labute approximate surface area is 162 Å². The third-order valence-corrected chi connectivity index (χ3v) is 6.92. The molecule has 0 amide bonds. The first-order chi connectivity index (χ1) is 12.6. The van der Waals surface area contributed by atoms with Crippen LogP contribution in [0.25, 0.3) is 10.2 Å². The highest BCUT2D eigenvalue weighted by molar-refractivity contribution is 7.92. The van der Waals surface area contributed by atoms with E-state index in [0.29, 0.717) is 22.6 Å². The third-order valence-electron chi connectivity index (χ3n) is 4.32. The summed E-state index contributed by atoms with van der Waals surface area (Å²) in [6.07, 6.45) is 0. The van der Waals surface area contributed by atoms with Gasteiger partial charge in [-0.3, -0.25) is 14.1 Å². The Hall–Kier alpha value is -2.32. The van der Waals surface area contributed by atoms with Gasteiger partial charge in [-0.15, -0.1) is 0 Å². The molecule has 0 fully saturated rings. The number of hydrogen-bond donors (Lipinski definition) is 1. The molecule has 0 radical (unpaired) electrons. The van der Waals surface area contributed by atoms with Gasteiger partial charge >= 0.3 is 4.87 Å². The highest BCUT2D eigenvalue weighted by atomic mass is 32.2. The molecule has 0 bridgehead atoms. The van der Waals surface area contributed by atoms with E-state index in [1.165, 1.54) is 0 Å². The zero-order valence-corrected chi connectivity index (χ0v) is 17.5. The van der Waals surface area contributed by atoms with Gasteiger partial charge < -0.3 is 4.74 Å². The molecule has 8 heteroatoms. The maximum absolute atomic E-state index is 12.9. The van der Waals surface area contributed by atoms with Gasteiger partial charge in [0.2, 0.25) is 0 Å². The molecule has 0 saturated heterocycles. The average Bonchev–Trinajstić information content (AvgIpc) is 2.88. The second-order valence-electron chi connectivity index (χ2n) is 6.71. The van der Waals surface area contributed by atoms with Crippen molar-refractivity contribution in [3.63, 3.8) is 0 Å². The van der Waals surface area contributed by atoms with E-state index in [4.69, 9.17) is 4.74 Å². The molecule has 3 aromatic rings. The lowest BCUT2D eigenvalue weighted by Crippen LogP contribution is -2.16. The molecule has 0 aliphatic carbocycles. The highest BCUT2D eigenvalue weighted by Gasteiger charge is 2.21. The second kappa shape index (κ2) is 7.01. The predicted molar refractivity (Wildman–Crippen MR) is 110 cm³/mol. The zero-order chi connectivity index (χ0) is 19.9. The maximum atomic E-state index is 12.9. The summed E-state index contributed by atoms with van der Waals surface area (Å²) in [5.41, 5.74) is 2.45. The molecule has 0 saturated carbocycles. The van der Waals surface area contributed by atoms with E-state index < -0.39 is 10.0 Å². The van der Waals surface area contributed by atoms with E-state index in [-0.39, 0.29) is 15.8 Å². The fourth-order valence-corrected chi connectivity index (χ4v) is 5.80. The number of sulfonamides is 1. The Morgan fingerprint density at radius 1 is 1.11 bits per heavy atom. The number of nitrogens with zero attached hydrogens (tertiary/aromatic N) is 1. The number of thiazole rings is 1. The van der Waals surface area contributed by atoms with Crippen molar-refractivity contribution in [2.24, 2.45) is 0 Å². The molecule has 144 valence electrons. The van der Waals surface area contributed by atoms with Gasteiger partial charge in [-0.1, -0.05) is 11.3 Å². The van der Waals surface area contributed by atoms with Gasteiger partial charge in [0.15, 0.2) is 0 Å². The van der Waals surface area contributed by atoms with Crippen LogP contribution in [0.3, 0.4) is 0 Å². The lowest BCUT2D eigenvalue weighted by Gasteiger charge is -2.14. The molecule has 1 N–H and O–H groups in total. The highest BCUT2D eigenvalue weighted by Crippen LogP contribution is 2.29. The largest absolute Gasteiger partial charge is 0.497 e. The van der Waals surface area contributed by atoms with Crippen molar-refractivity contribution in [2.45, 2.75) is 38.6 Å². The predicted octanol–water partition coefficient (Wildman–Crippen LogP) is 4.07. The Morgan fingerprint density at radius 3 is 2.30 bits per heavy atom. The second-order valence-corrected chi connectivity index (χ2v) is 9.32. The summed E-state index contributed by atoms with van der Waals surface area (Å²) in [5, 5.41) is 0. The number of hydrogen-bond acceptors (Lipinski definition) is 5. The number of nitrogens with one attached hydrogen (secondary N) is 1. The van der Waals surface area contributed by atoms with Crippen LogP contribution in [0.15, 0.2) is 40.0 Å². The lowest BCUT2D eigenvalue weighted by molar-refractivity contribution is 0.413. The number of aryl methyl sites for hydroxylation is 2. The maximum Gasteiger partial charge on any atom is 0.308 e. The summed E-state index contributed by atoms with van der Waals surface area (Å²) in [7, 11) is -2.23. The van der Waals surface area contributed by atoms with E-state index in [1.54, 1.807) is 55.9 Å². The molecule has 0 spiro atoms. The Balaban J connectivity index is 2.03. The molecular weight excluding hydrogens is 384 g/mol. The zero-order valence-electron chi connectivity index (χ0n) is 15.9. The first-order valence-corrected chi connectivity index (χ1v) is 10.8. The van der Waals surface area contributed by atoms with E-state index in [0.717, 1.165) is 21.6 Å². The number of methoxy groups -OCH3 is 1. The molecule has 1 heterocycles. The Kier molecular flexibility index (Phi) is 5.05. The number of aromatic nitrogens is 1. The van der Waals surface area contributed by atoms with Crippen molar-refractivity contribution in [1.82, 2.24) is 4.57 Å². The van der Waals surface area contributed by atoms with Crippen LogP contribution in [0, 0.1) is 13.8 Å². The van der Waals surface area contributed by atoms with Crippen LogP contribution in [-0.4, -0.2) is 20.1 Å². The Bertz CT molecular complexity index is 1150. The van der Waals surface area contributed by atoms with Crippen molar-refractivity contribution in [2.75, 3.05) is 11.8 Å². The minimum absolute atomic E-state index is 0.0402. The van der Waals surface area contributed by atoms with Crippen LogP contribution in [-0.2, 0) is 10.0 Å². The molecule has 1 aromatic heterocycles. The fourth-order valence-electron chi connectivity index (χ4n) is 3.25. The number of rotatable bonds is 5. The molecule has 2 aromatic carbocycles. The number of benzene rings is 2. The van der Waals surface area contributed by atoms with Gasteiger partial charge in [0.05, 0.1) is 27.9 Å². The molecule has 0 aliphatic heterocycles. The summed E-state index contributed by atoms with van der Waals surface area (Å²) in [6.45, 7) is 7.36. The van der Waals surface area contributed by atoms with Crippen LogP contribution in [0.1, 0.15) is 31.0 Å². The van der Waals surface area contributed by atoms with E-state index >= 15 is 0 Å². The summed E-state index contributed by atoms with van der Waals surface area (Å²) in [4.78, 5) is 12.4. The van der Waals surface area contributed by atoms with Gasteiger partial charge in [0.1, 0.15) is 5.75 Å². The first kappa shape index (κ1) is 19.4. The molecule has 27 heavy (non-hydrogen) atoms. The molecule has 0 atom stereocenters. The van der Waals surface area contributed by atoms with E-state index in [9.17, 15) is 13.2 Å². The van der Waals surface area contributed by atoms with Gasteiger partial charge in [-0.2, -0.15) is 0 Å². The van der Waals surface area contributed by atoms with Crippen LogP contribution in [0.4, 0.5) is 5.69 Å².